The van der Waals surface area contributed by atoms with Crippen LogP contribution in [0.5, 0.6) is 11.5 Å². The van der Waals surface area contributed by atoms with E-state index in [2.05, 4.69) is 23.2 Å². The van der Waals surface area contributed by atoms with Crippen LogP contribution in [0.2, 0.25) is 0 Å². The maximum Gasteiger partial charge on any atom is 0.277 e. The third-order valence-electron chi connectivity index (χ3n) is 3.79. The predicted octanol–water partition coefficient (Wildman–Crippen LogP) is 3.57. The van der Waals surface area contributed by atoms with Gasteiger partial charge in [-0.3, -0.25) is 4.79 Å². The van der Waals surface area contributed by atoms with Crippen LogP contribution in [0.15, 0.2) is 54.2 Å². The van der Waals surface area contributed by atoms with Crippen LogP contribution >= 0.6 is 0 Å². The molecule has 0 saturated heterocycles. The van der Waals surface area contributed by atoms with Gasteiger partial charge in [-0.15, -0.1) is 6.58 Å². The number of hydrogen-bond donors (Lipinski definition) is 1. The molecule has 0 aromatic heterocycles. The van der Waals surface area contributed by atoms with Gasteiger partial charge in [0.25, 0.3) is 5.91 Å². The van der Waals surface area contributed by atoms with Crippen molar-refractivity contribution in [2.24, 2.45) is 5.10 Å². The van der Waals surface area contributed by atoms with Crippen LogP contribution in [0.25, 0.3) is 0 Å². The number of methoxy groups -OCH3 is 1. The fraction of sp³-hybridized carbons (Fsp3) is 0.238. The van der Waals surface area contributed by atoms with E-state index < -0.39 is 0 Å². The molecule has 0 unspecified atom stereocenters. The van der Waals surface area contributed by atoms with Crippen LogP contribution in [-0.2, 0) is 11.2 Å². The highest BCUT2D eigenvalue weighted by Gasteiger charge is 2.08. The van der Waals surface area contributed by atoms with Gasteiger partial charge in [-0.05, 0) is 49.1 Å². The zero-order valence-corrected chi connectivity index (χ0v) is 15.4. The SMILES string of the molecule is C=CCc1ccc(OCC(=O)N/N=C/c2ccc(C)cc2C)c(OC)c1. The van der Waals surface area contributed by atoms with Crippen molar-refractivity contribution in [3.8, 4) is 11.5 Å². The minimum atomic E-state index is -0.344. The number of aryl methyl sites for hydroxylation is 2. The molecule has 0 spiro atoms. The Balaban J connectivity index is 1.90. The molecule has 0 fully saturated rings. The van der Waals surface area contributed by atoms with Crippen molar-refractivity contribution in [1.82, 2.24) is 5.43 Å². The van der Waals surface area contributed by atoms with E-state index in [0.29, 0.717) is 11.5 Å². The first-order chi connectivity index (χ1) is 12.5. The lowest BCUT2D eigenvalue weighted by molar-refractivity contribution is -0.123. The maximum absolute atomic E-state index is 11.9. The van der Waals surface area contributed by atoms with Crippen molar-refractivity contribution in [3.05, 3.63) is 71.3 Å². The molecule has 0 aliphatic carbocycles. The quantitative estimate of drug-likeness (QED) is 0.449. The van der Waals surface area contributed by atoms with Gasteiger partial charge < -0.3 is 9.47 Å². The molecule has 0 bridgehead atoms. The van der Waals surface area contributed by atoms with Crippen LogP contribution in [0.1, 0.15) is 22.3 Å². The summed E-state index contributed by atoms with van der Waals surface area (Å²) in [7, 11) is 1.56. The Morgan fingerprint density at radius 2 is 2.00 bits per heavy atom. The fourth-order valence-electron chi connectivity index (χ4n) is 2.44. The first kappa shape index (κ1) is 19.2. The largest absolute Gasteiger partial charge is 0.493 e. The Labute approximate surface area is 154 Å². The number of nitrogens with one attached hydrogen (secondary N) is 1. The second kappa shape index (κ2) is 9.42. The van der Waals surface area contributed by atoms with Gasteiger partial charge in [-0.2, -0.15) is 5.10 Å². The Morgan fingerprint density at radius 1 is 1.19 bits per heavy atom. The van der Waals surface area contributed by atoms with Gasteiger partial charge in [0.1, 0.15) is 0 Å². The molecule has 0 aliphatic rings. The molecule has 1 N–H and O–H groups in total. The van der Waals surface area contributed by atoms with Crippen molar-refractivity contribution in [2.45, 2.75) is 20.3 Å². The number of rotatable bonds is 8. The Bertz CT molecular complexity index is 813. The Hall–Kier alpha value is -3.08. The van der Waals surface area contributed by atoms with Crippen LogP contribution in [0, 0.1) is 13.8 Å². The van der Waals surface area contributed by atoms with Crippen molar-refractivity contribution in [1.29, 1.82) is 0 Å². The summed E-state index contributed by atoms with van der Waals surface area (Å²) < 4.78 is 10.8. The van der Waals surface area contributed by atoms with E-state index in [0.717, 1.165) is 23.1 Å². The van der Waals surface area contributed by atoms with Gasteiger partial charge in [0.15, 0.2) is 18.1 Å². The molecule has 2 rings (SSSR count). The summed E-state index contributed by atoms with van der Waals surface area (Å²) in [4.78, 5) is 11.9. The summed E-state index contributed by atoms with van der Waals surface area (Å²) in [5.41, 5.74) is 6.77. The fourth-order valence-corrected chi connectivity index (χ4v) is 2.44. The Morgan fingerprint density at radius 3 is 2.69 bits per heavy atom. The monoisotopic (exact) mass is 352 g/mol. The molecule has 2 aromatic carbocycles. The summed E-state index contributed by atoms with van der Waals surface area (Å²) in [6, 6.07) is 11.6. The second-order valence-electron chi connectivity index (χ2n) is 5.92. The number of amides is 1. The molecule has 1 amide bonds. The highest BCUT2D eigenvalue weighted by molar-refractivity contribution is 5.84. The van der Waals surface area contributed by atoms with Crippen molar-refractivity contribution < 1.29 is 14.3 Å². The summed E-state index contributed by atoms with van der Waals surface area (Å²) in [6.45, 7) is 7.60. The number of ether oxygens (including phenoxy) is 2. The molecule has 0 atom stereocenters. The van der Waals surface area contributed by atoms with Crippen LogP contribution in [0.4, 0.5) is 0 Å². The zero-order valence-electron chi connectivity index (χ0n) is 15.4. The lowest BCUT2D eigenvalue weighted by atomic mass is 10.1. The number of carbonyl (C=O) groups is 1. The topological polar surface area (TPSA) is 59.9 Å². The van der Waals surface area contributed by atoms with Crippen LogP contribution in [-0.4, -0.2) is 25.8 Å². The molecular weight excluding hydrogens is 328 g/mol. The minimum absolute atomic E-state index is 0.151. The first-order valence-electron chi connectivity index (χ1n) is 8.33. The lowest BCUT2D eigenvalue weighted by Gasteiger charge is -2.11. The average Bonchev–Trinajstić information content (AvgIpc) is 2.62. The molecular formula is C21H24N2O3. The summed E-state index contributed by atoms with van der Waals surface area (Å²) in [6.07, 6.45) is 4.18. The van der Waals surface area contributed by atoms with Gasteiger partial charge in [0.2, 0.25) is 0 Å². The number of carbonyl (C=O) groups excluding carboxylic acids is 1. The van der Waals surface area contributed by atoms with Gasteiger partial charge in [0.05, 0.1) is 13.3 Å². The third kappa shape index (κ3) is 5.48. The normalized spacial score (nSPS) is 10.6. The predicted molar refractivity (Wildman–Crippen MR) is 104 cm³/mol. The molecule has 5 nitrogen and oxygen atoms in total. The second-order valence-corrected chi connectivity index (χ2v) is 5.92. The molecule has 0 aliphatic heterocycles. The van der Waals surface area contributed by atoms with E-state index in [-0.39, 0.29) is 12.5 Å². The van der Waals surface area contributed by atoms with E-state index in [1.54, 1.807) is 19.4 Å². The molecule has 0 saturated carbocycles. The summed E-state index contributed by atoms with van der Waals surface area (Å²) in [5.74, 6) is 0.744. The summed E-state index contributed by atoms with van der Waals surface area (Å²) >= 11 is 0. The van der Waals surface area contributed by atoms with E-state index in [9.17, 15) is 4.79 Å². The van der Waals surface area contributed by atoms with Crippen molar-refractivity contribution in [3.63, 3.8) is 0 Å². The van der Waals surface area contributed by atoms with E-state index in [4.69, 9.17) is 9.47 Å². The molecule has 2 aromatic rings. The lowest BCUT2D eigenvalue weighted by Crippen LogP contribution is -2.24. The molecule has 0 heterocycles. The Kier molecular flexibility index (Phi) is 6.97. The molecule has 136 valence electrons. The van der Waals surface area contributed by atoms with Crippen LogP contribution < -0.4 is 14.9 Å². The van der Waals surface area contributed by atoms with Gasteiger partial charge >= 0.3 is 0 Å². The standard InChI is InChI=1S/C21H24N2O3/c1-5-6-17-8-10-19(20(12-17)25-4)26-14-21(24)23-22-13-18-9-7-15(2)11-16(18)3/h5,7-13H,1,6,14H2,2-4H3,(H,23,24)/b22-13+. The third-order valence-corrected chi connectivity index (χ3v) is 3.79. The zero-order chi connectivity index (χ0) is 18.9. The van der Waals surface area contributed by atoms with Crippen molar-refractivity contribution in [2.75, 3.05) is 13.7 Å². The van der Waals surface area contributed by atoms with Gasteiger partial charge in [-0.25, -0.2) is 5.43 Å². The minimum Gasteiger partial charge on any atom is -0.493 e. The van der Waals surface area contributed by atoms with Crippen molar-refractivity contribution >= 4 is 12.1 Å². The maximum atomic E-state index is 11.9. The average molecular weight is 352 g/mol. The van der Waals surface area contributed by atoms with Gasteiger partial charge in [-0.1, -0.05) is 35.9 Å². The molecule has 26 heavy (non-hydrogen) atoms. The number of hydrazone groups is 1. The number of allylic oxidation sites excluding steroid dienone is 1. The highest BCUT2D eigenvalue weighted by Crippen LogP contribution is 2.28. The number of benzene rings is 2. The highest BCUT2D eigenvalue weighted by atomic mass is 16.5. The van der Waals surface area contributed by atoms with E-state index >= 15 is 0 Å². The van der Waals surface area contributed by atoms with Crippen LogP contribution in [0.3, 0.4) is 0 Å². The van der Waals surface area contributed by atoms with Gasteiger partial charge in [0, 0.05) is 0 Å². The molecule has 0 radical (unpaired) electrons. The molecule has 5 heteroatoms. The van der Waals surface area contributed by atoms with E-state index in [1.165, 1.54) is 5.56 Å². The number of hydrogen-bond acceptors (Lipinski definition) is 4. The smallest absolute Gasteiger partial charge is 0.277 e. The number of nitrogens with zero attached hydrogens (tertiary/aromatic N) is 1. The van der Waals surface area contributed by atoms with E-state index in [1.807, 2.05) is 44.2 Å². The summed E-state index contributed by atoms with van der Waals surface area (Å²) in [5, 5.41) is 3.98. The first-order valence-corrected chi connectivity index (χ1v) is 8.33.